The standard InChI is InChI=1S/C25H22ClN5OS/c1-4-11-33-16(3)29-25-20-12-18(23-21(26)7-6-10-27-23)13-22(24(20)30-31-25)32-15-19-9-8-17(5-2)14-28-19/h4-14H,2-3,15H2,1H3,(H2,29,30,31)/b11-4-. The molecule has 0 unspecified atom stereocenters. The normalized spacial score (nSPS) is 11.1. The zero-order valence-electron chi connectivity index (χ0n) is 18.0. The lowest BCUT2D eigenvalue weighted by Crippen LogP contribution is -1.99. The Hall–Kier alpha value is -3.55. The number of aromatic nitrogens is 4. The van der Waals surface area contributed by atoms with Gasteiger partial charge in [0.2, 0.25) is 0 Å². The van der Waals surface area contributed by atoms with Gasteiger partial charge in [-0.1, -0.05) is 54.7 Å². The first-order valence-electron chi connectivity index (χ1n) is 10.2. The van der Waals surface area contributed by atoms with Crippen molar-refractivity contribution in [2.24, 2.45) is 0 Å². The predicted octanol–water partition coefficient (Wildman–Crippen LogP) is 7.05. The monoisotopic (exact) mass is 475 g/mol. The van der Waals surface area contributed by atoms with Gasteiger partial charge in [0.05, 0.1) is 21.4 Å². The van der Waals surface area contributed by atoms with E-state index in [9.17, 15) is 0 Å². The molecule has 0 fully saturated rings. The van der Waals surface area contributed by atoms with E-state index in [4.69, 9.17) is 16.3 Å². The topological polar surface area (TPSA) is 75.7 Å². The number of benzene rings is 1. The first-order chi connectivity index (χ1) is 16.1. The minimum absolute atomic E-state index is 0.289. The van der Waals surface area contributed by atoms with Crippen LogP contribution in [0.5, 0.6) is 5.75 Å². The lowest BCUT2D eigenvalue weighted by atomic mass is 10.1. The van der Waals surface area contributed by atoms with Crippen LogP contribution in [0.1, 0.15) is 18.2 Å². The fourth-order valence-corrected chi connectivity index (χ4v) is 3.83. The van der Waals surface area contributed by atoms with Crippen molar-refractivity contribution >= 4 is 46.2 Å². The van der Waals surface area contributed by atoms with Crippen LogP contribution in [0.3, 0.4) is 0 Å². The van der Waals surface area contributed by atoms with E-state index in [1.54, 1.807) is 24.5 Å². The Balaban J connectivity index is 1.72. The van der Waals surface area contributed by atoms with E-state index in [1.807, 2.05) is 48.7 Å². The van der Waals surface area contributed by atoms with Gasteiger partial charge in [-0.25, -0.2) is 0 Å². The quantitative estimate of drug-likeness (QED) is 0.270. The van der Waals surface area contributed by atoms with Crippen LogP contribution in [0.4, 0.5) is 5.82 Å². The maximum absolute atomic E-state index is 6.43. The number of halogens is 1. The van der Waals surface area contributed by atoms with E-state index in [2.05, 4.69) is 38.6 Å². The van der Waals surface area contributed by atoms with Crippen molar-refractivity contribution in [3.63, 3.8) is 0 Å². The summed E-state index contributed by atoms with van der Waals surface area (Å²) in [4.78, 5) is 8.88. The molecule has 0 aliphatic heterocycles. The molecule has 2 N–H and O–H groups in total. The Bertz CT molecular complexity index is 1330. The molecular formula is C25H22ClN5OS. The summed E-state index contributed by atoms with van der Waals surface area (Å²) in [5, 5.41) is 14.8. The van der Waals surface area contributed by atoms with Gasteiger partial charge in [-0.15, -0.1) is 0 Å². The van der Waals surface area contributed by atoms with Crippen LogP contribution < -0.4 is 10.1 Å². The molecule has 0 aliphatic rings. The second-order valence-corrected chi connectivity index (χ2v) is 8.42. The number of allylic oxidation sites excluding steroid dienone is 1. The van der Waals surface area contributed by atoms with Gasteiger partial charge in [-0.3, -0.25) is 15.1 Å². The number of thioether (sulfide) groups is 1. The molecule has 6 nitrogen and oxygen atoms in total. The highest BCUT2D eigenvalue weighted by atomic mass is 35.5. The first-order valence-corrected chi connectivity index (χ1v) is 11.4. The largest absolute Gasteiger partial charge is 0.485 e. The molecule has 0 amide bonds. The maximum atomic E-state index is 6.43. The number of ether oxygens (including phenoxy) is 1. The summed E-state index contributed by atoms with van der Waals surface area (Å²) in [6.07, 6.45) is 7.17. The molecule has 0 saturated carbocycles. The summed E-state index contributed by atoms with van der Waals surface area (Å²) in [6.45, 7) is 10.0. The fraction of sp³-hybridized carbons (Fsp3) is 0.0800. The Kier molecular flexibility index (Phi) is 7.12. The van der Waals surface area contributed by atoms with E-state index >= 15 is 0 Å². The maximum Gasteiger partial charge on any atom is 0.160 e. The summed E-state index contributed by atoms with van der Waals surface area (Å²) in [5.41, 5.74) is 3.97. The second-order valence-electron chi connectivity index (χ2n) is 7.01. The van der Waals surface area contributed by atoms with Crippen molar-refractivity contribution in [3.05, 3.63) is 94.7 Å². The van der Waals surface area contributed by atoms with E-state index in [0.717, 1.165) is 32.8 Å². The van der Waals surface area contributed by atoms with Crippen molar-refractivity contribution in [1.82, 2.24) is 20.2 Å². The third-order valence-electron chi connectivity index (χ3n) is 4.73. The average molecular weight is 476 g/mol. The molecule has 8 heteroatoms. The van der Waals surface area contributed by atoms with Crippen LogP contribution in [-0.4, -0.2) is 20.2 Å². The Morgan fingerprint density at radius 3 is 2.88 bits per heavy atom. The summed E-state index contributed by atoms with van der Waals surface area (Å²) < 4.78 is 6.17. The highest BCUT2D eigenvalue weighted by molar-refractivity contribution is 8.05. The minimum atomic E-state index is 0.289. The number of aromatic amines is 1. The van der Waals surface area contributed by atoms with Gasteiger partial charge in [0, 0.05) is 23.3 Å². The van der Waals surface area contributed by atoms with E-state index in [1.165, 1.54) is 11.8 Å². The zero-order chi connectivity index (χ0) is 23.2. The molecule has 0 bridgehead atoms. The van der Waals surface area contributed by atoms with Gasteiger partial charge >= 0.3 is 0 Å². The van der Waals surface area contributed by atoms with Crippen molar-refractivity contribution in [1.29, 1.82) is 0 Å². The number of nitrogens with zero attached hydrogens (tertiary/aromatic N) is 3. The van der Waals surface area contributed by atoms with Crippen LogP contribution in [0.15, 0.2) is 78.5 Å². The summed E-state index contributed by atoms with van der Waals surface area (Å²) in [7, 11) is 0. The number of nitrogens with one attached hydrogen (secondary N) is 2. The molecule has 4 aromatic rings. The van der Waals surface area contributed by atoms with Crippen molar-refractivity contribution in [3.8, 4) is 17.0 Å². The highest BCUT2D eigenvalue weighted by Gasteiger charge is 2.16. The summed E-state index contributed by atoms with van der Waals surface area (Å²) in [6, 6.07) is 11.4. The second kappa shape index (κ2) is 10.4. The van der Waals surface area contributed by atoms with Gasteiger partial charge in [-0.2, -0.15) is 5.10 Å². The molecule has 0 radical (unpaired) electrons. The lowest BCUT2D eigenvalue weighted by molar-refractivity contribution is 0.304. The van der Waals surface area contributed by atoms with E-state index in [-0.39, 0.29) is 6.61 Å². The molecule has 0 aliphatic carbocycles. The Labute approximate surface area is 201 Å². The number of pyridine rings is 2. The molecule has 4 rings (SSSR count). The van der Waals surface area contributed by atoms with Gasteiger partial charge in [0.25, 0.3) is 0 Å². The molecular weight excluding hydrogens is 454 g/mol. The number of fused-ring (bicyclic) bond motifs is 1. The van der Waals surface area contributed by atoms with Gasteiger partial charge in [-0.05, 0) is 48.2 Å². The molecule has 1 aromatic carbocycles. The van der Waals surface area contributed by atoms with Crippen LogP contribution in [0, 0.1) is 0 Å². The summed E-state index contributed by atoms with van der Waals surface area (Å²) >= 11 is 7.91. The van der Waals surface area contributed by atoms with Crippen LogP contribution in [0.2, 0.25) is 5.02 Å². The van der Waals surface area contributed by atoms with Crippen LogP contribution in [-0.2, 0) is 6.61 Å². The van der Waals surface area contributed by atoms with Crippen LogP contribution in [0.25, 0.3) is 28.2 Å². The number of H-pyrrole nitrogens is 1. The molecule has 0 atom stereocenters. The van der Waals surface area contributed by atoms with Gasteiger partial charge in [0.1, 0.15) is 17.9 Å². The molecule has 3 heterocycles. The fourth-order valence-electron chi connectivity index (χ4n) is 3.14. The van der Waals surface area contributed by atoms with E-state index in [0.29, 0.717) is 22.3 Å². The Morgan fingerprint density at radius 2 is 2.15 bits per heavy atom. The third kappa shape index (κ3) is 5.27. The van der Waals surface area contributed by atoms with E-state index < -0.39 is 0 Å². The summed E-state index contributed by atoms with van der Waals surface area (Å²) in [5.74, 6) is 1.25. The predicted molar refractivity (Wildman–Crippen MR) is 138 cm³/mol. The minimum Gasteiger partial charge on any atom is -0.485 e. The zero-order valence-corrected chi connectivity index (χ0v) is 19.6. The van der Waals surface area contributed by atoms with Crippen molar-refractivity contribution in [2.45, 2.75) is 13.5 Å². The number of hydrogen-bond acceptors (Lipinski definition) is 6. The highest BCUT2D eigenvalue weighted by Crippen LogP contribution is 2.37. The SMILES string of the molecule is C=Cc1ccc(COc2cc(-c3ncccc3Cl)cc3c(NC(=C)S/C=C\C)n[nH]c23)nc1. The molecule has 33 heavy (non-hydrogen) atoms. The smallest absolute Gasteiger partial charge is 0.160 e. The van der Waals surface area contributed by atoms with Crippen molar-refractivity contribution in [2.75, 3.05) is 5.32 Å². The number of hydrogen-bond donors (Lipinski definition) is 2. The van der Waals surface area contributed by atoms with Gasteiger partial charge in [0.15, 0.2) is 5.82 Å². The van der Waals surface area contributed by atoms with Crippen LogP contribution >= 0.6 is 23.4 Å². The van der Waals surface area contributed by atoms with Crippen molar-refractivity contribution < 1.29 is 4.74 Å². The molecule has 0 spiro atoms. The first kappa shape index (κ1) is 22.6. The Morgan fingerprint density at radius 1 is 1.27 bits per heavy atom. The lowest BCUT2D eigenvalue weighted by Gasteiger charge is -2.11. The molecule has 3 aromatic heterocycles. The molecule has 166 valence electrons. The third-order valence-corrected chi connectivity index (χ3v) is 5.83. The molecule has 0 saturated heterocycles. The van der Waals surface area contributed by atoms with Gasteiger partial charge < -0.3 is 10.1 Å². The number of anilines is 1. The number of rotatable bonds is 9. The average Bonchev–Trinajstić information content (AvgIpc) is 3.24.